The first-order chi connectivity index (χ1) is 11.0. The zero-order chi connectivity index (χ0) is 16.7. The molecule has 0 aliphatic carbocycles. The molecule has 2 aromatic rings. The van der Waals surface area contributed by atoms with Crippen LogP contribution in [-0.4, -0.2) is 11.6 Å². The number of allylic oxidation sites excluding steroid dienone is 2. The molecule has 0 fully saturated rings. The lowest BCUT2D eigenvalue weighted by Crippen LogP contribution is -2.01. The van der Waals surface area contributed by atoms with E-state index in [4.69, 9.17) is 0 Å². The molecule has 0 spiro atoms. The first-order valence-electron chi connectivity index (χ1n) is 6.96. The molecule has 0 heterocycles. The summed E-state index contributed by atoms with van der Waals surface area (Å²) in [5.74, 6) is -2.66. The van der Waals surface area contributed by atoms with Gasteiger partial charge in [0.2, 0.25) is 0 Å². The van der Waals surface area contributed by atoms with Crippen molar-refractivity contribution < 1.29 is 18.4 Å². The summed E-state index contributed by atoms with van der Waals surface area (Å²) >= 11 is 0. The fourth-order valence-electron chi connectivity index (χ4n) is 1.85. The van der Waals surface area contributed by atoms with Crippen molar-refractivity contribution in [2.75, 3.05) is 0 Å². The third-order valence-electron chi connectivity index (χ3n) is 3.02. The Kier molecular flexibility index (Phi) is 5.69. The SMILES string of the molecule is O=C(/C=C/c1ccccc1)CC(=O)/C=C/c1ccc(F)c(F)c1. The van der Waals surface area contributed by atoms with Gasteiger partial charge >= 0.3 is 0 Å². The lowest BCUT2D eigenvalue weighted by Gasteiger charge is -1.96. The number of ketones is 2. The highest BCUT2D eigenvalue weighted by molar-refractivity contribution is 6.10. The maximum atomic E-state index is 13.0. The number of benzene rings is 2. The molecule has 4 heteroatoms. The Labute approximate surface area is 132 Å². The van der Waals surface area contributed by atoms with Crippen molar-refractivity contribution in [2.45, 2.75) is 6.42 Å². The van der Waals surface area contributed by atoms with Crippen molar-refractivity contribution in [3.63, 3.8) is 0 Å². The molecule has 0 N–H and O–H groups in total. The van der Waals surface area contributed by atoms with Crippen molar-refractivity contribution in [3.8, 4) is 0 Å². The van der Waals surface area contributed by atoms with E-state index < -0.39 is 17.4 Å². The normalized spacial score (nSPS) is 11.2. The average molecular weight is 312 g/mol. The molecule has 0 aromatic heterocycles. The molecule has 0 aliphatic rings. The average Bonchev–Trinajstić information content (AvgIpc) is 2.55. The Morgan fingerprint density at radius 2 is 1.39 bits per heavy atom. The molecule has 23 heavy (non-hydrogen) atoms. The maximum absolute atomic E-state index is 13.0. The van der Waals surface area contributed by atoms with Crippen LogP contribution >= 0.6 is 0 Å². The fourth-order valence-corrected chi connectivity index (χ4v) is 1.85. The van der Waals surface area contributed by atoms with E-state index in [2.05, 4.69) is 0 Å². The molecule has 0 unspecified atom stereocenters. The minimum Gasteiger partial charge on any atom is -0.294 e. The first-order valence-corrected chi connectivity index (χ1v) is 6.96. The second-order valence-corrected chi connectivity index (χ2v) is 4.86. The van der Waals surface area contributed by atoms with Gasteiger partial charge in [0, 0.05) is 0 Å². The number of rotatable bonds is 6. The summed E-state index contributed by atoms with van der Waals surface area (Å²) in [6.45, 7) is 0. The zero-order valence-electron chi connectivity index (χ0n) is 12.2. The largest absolute Gasteiger partial charge is 0.294 e. The second kappa shape index (κ2) is 7.94. The van der Waals surface area contributed by atoms with E-state index >= 15 is 0 Å². The molecule has 0 atom stereocenters. The zero-order valence-corrected chi connectivity index (χ0v) is 12.2. The van der Waals surface area contributed by atoms with E-state index in [9.17, 15) is 18.4 Å². The lowest BCUT2D eigenvalue weighted by molar-refractivity contribution is -0.121. The van der Waals surface area contributed by atoms with E-state index in [1.165, 1.54) is 24.3 Å². The minimum atomic E-state index is -0.985. The van der Waals surface area contributed by atoms with Crippen molar-refractivity contribution in [1.82, 2.24) is 0 Å². The highest BCUT2D eigenvalue weighted by Crippen LogP contribution is 2.10. The van der Waals surface area contributed by atoms with Gasteiger partial charge in [0.15, 0.2) is 23.2 Å². The van der Waals surface area contributed by atoms with Crippen LogP contribution in [-0.2, 0) is 9.59 Å². The monoisotopic (exact) mass is 312 g/mol. The van der Waals surface area contributed by atoms with Gasteiger partial charge in [-0.2, -0.15) is 0 Å². The van der Waals surface area contributed by atoms with Crippen LogP contribution in [0, 0.1) is 11.6 Å². The van der Waals surface area contributed by atoms with E-state index in [1.807, 2.05) is 30.3 Å². The number of hydrogen-bond donors (Lipinski definition) is 0. The third kappa shape index (κ3) is 5.43. The maximum Gasteiger partial charge on any atom is 0.163 e. The van der Waals surface area contributed by atoms with Crippen LogP contribution in [0.15, 0.2) is 60.7 Å². The van der Waals surface area contributed by atoms with Gasteiger partial charge in [-0.1, -0.05) is 48.6 Å². The molecule has 0 aliphatic heterocycles. The Morgan fingerprint density at radius 3 is 2.00 bits per heavy atom. The van der Waals surface area contributed by atoms with Gasteiger partial charge in [0.1, 0.15) is 0 Å². The number of carbonyl (C=O) groups is 2. The molecule has 2 rings (SSSR count). The standard InChI is InChI=1S/C19H14F2O2/c20-18-11-8-15(12-19(18)21)7-10-17(23)13-16(22)9-6-14-4-2-1-3-5-14/h1-12H,13H2/b9-6+,10-7+. The van der Waals surface area contributed by atoms with Crippen molar-refractivity contribution >= 4 is 23.7 Å². The number of carbonyl (C=O) groups excluding carboxylic acids is 2. The molecular weight excluding hydrogens is 298 g/mol. The predicted octanol–water partition coefficient (Wildman–Crippen LogP) is 4.22. The molecule has 0 bridgehead atoms. The summed E-state index contributed by atoms with van der Waals surface area (Å²) < 4.78 is 25.8. The van der Waals surface area contributed by atoms with Crippen molar-refractivity contribution in [2.24, 2.45) is 0 Å². The van der Waals surface area contributed by atoms with Gasteiger partial charge in [0.05, 0.1) is 6.42 Å². The van der Waals surface area contributed by atoms with Gasteiger partial charge in [-0.25, -0.2) is 8.78 Å². The Hall–Kier alpha value is -2.88. The molecule has 0 saturated carbocycles. The summed E-state index contributed by atoms with van der Waals surface area (Å²) in [7, 11) is 0. The molecule has 2 aromatic carbocycles. The molecule has 0 saturated heterocycles. The lowest BCUT2D eigenvalue weighted by atomic mass is 10.1. The molecule has 0 radical (unpaired) electrons. The van der Waals surface area contributed by atoms with E-state index in [0.717, 1.165) is 17.7 Å². The van der Waals surface area contributed by atoms with Crippen LogP contribution in [0.4, 0.5) is 8.78 Å². The predicted molar refractivity (Wildman–Crippen MR) is 85.5 cm³/mol. The third-order valence-corrected chi connectivity index (χ3v) is 3.02. The Bertz CT molecular complexity index is 762. The minimum absolute atomic E-state index is 0.274. The summed E-state index contributed by atoms with van der Waals surface area (Å²) in [5, 5.41) is 0. The van der Waals surface area contributed by atoms with Crippen molar-refractivity contribution in [3.05, 3.63) is 83.4 Å². The van der Waals surface area contributed by atoms with Crippen LogP contribution in [0.3, 0.4) is 0 Å². The highest BCUT2D eigenvalue weighted by atomic mass is 19.2. The van der Waals surface area contributed by atoms with Gasteiger partial charge in [-0.3, -0.25) is 9.59 Å². The molecular formula is C19H14F2O2. The van der Waals surface area contributed by atoms with E-state index in [0.29, 0.717) is 5.56 Å². The fraction of sp³-hybridized carbons (Fsp3) is 0.0526. The topological polar surface area (TPSA) is 34.1 Å². The smallest absolute Gasteiger partial charge is 0.163 e. The van der Waals surface area contributed by atoms with Gasteiger partial charge in [-0.05, 0) is 35.4 Å². The molecule has 2 nitrogen and oxygen atoms in total. The van der Waals surface area contributed by atoms with Gasteiger partial charge in [0.25, 0.3) is 0 Å². The van der Waals surface area contributed by atoms with E-state index in [-0.39, 0.29) is 12.2 Å². The molecule has 0 amide bonds. The summed E-state index contributed by atoms with van der Waals surface area (Å²) in [4.78, 5) is 23.4. The first kappa shape index (κ1) is 16.5. The summed E-state index contributed by atoms with van der Waals surface area (Å²) in [5.41, 5.74) is 1.22. The molecule has 116 valence electrons. The second-order valence-electron chi connectivity index (χ2n) is 4.86. The van der Waals surface area contributed by atoms with E-state index in [1.54, 1.807) is 6.08 Å². The van der Waals surface area contributed by atoms with Crippen LogP contribution in [0.2, 0.25) is 0 Å². The quantitative estimate of drug-likeness (QED) is 0.591. The van der Waals surface area contributed by atoms with Crippen LogP contribution in [0.1, 0.15) is 17.5 Å². The number of hydrogen-bond acceptors (Lipinski definition) is 2. The van der Waals surface area contributed by atoms with Crippen LogP contribution < -0.4 is 0 Å². The van der Waals surface area contributed by atoms with Crippen molar-refractivity contribution in [1.29, 1.82) is 0 Å². The van der Waals surface area contributed by atoms with Gasteiger partial charge < -0.3 is 0 Å². The highest BCUT2D eigenvalue weighted by Gasteiger charge is 2.04. The van der Waals surface area contributed by atoms with Crippen LogP contribution in [0.25, 0.3) is 12.2 Å². The Morgan fingerprint density at radius 1 is 0.783 bits per heavy atom. The summed E-state index contributed by atoms with van der Waals surface area (Å²) in [6, 6.07) is 12.6. The number of halogens is 2. The summed E-state index contributed by atoms with van der Waals surface area (Å²) in [6.07, 6.45) is 5.23. The van der Waals surface area contributed by atoms with Gasteiger partial charge in [-0.15, -0.1) is 0 Å². The Balaban J connectivity index is 1.91. The van der Waals surface area contributed by atoms with Crippen LogP contribution in [0.5, 0.6) is 0 Å².